The predicted octanol–water partition coefficient (Wildman–Crippen LogP) is 6.53. The highest BCUT2D eigenvalue weighted by Crippen LogP contribution is 2.15. The van der Waals surface area contributed by atoms with E-state index in [0.717, 1.165) is 30.7 Å². The zero-order valence-corrected chi connectivity index (χ0v) is 21.9. The molecule has 0 saturated heterocycles. The first-order valence-corrected chi connectivity index (χ1v) is 13.9. The van der Waals surface area contributed by atoms with Crippen molar-refractivity contribution in [2.24, 2.45) is 5.73 Å². The molecule has 5 nitrogen and oxygen atoms in total. The lowest BCUT2D eigenvalue weighted by Crippen LogP contribution is -2.38. The van der Waals surface area contributed by atoms with Gasteiger partial charge in [-0.2, -0.15) is 12.6 Å². The lowest BCUT2D eigenvalue weighted by atomic mass is 10.0. The van der Waals surface area contributed by atoms with Gasteiger partial charge in [0.25, 0.3) is 0 Å². The number of hydrogen-bond acceptors (Lipinski definition) is 4. The van der Waals surface area contributed by atoms with E-state index in [1.54, 1.807) is 0 Å². The van der Waals surface area contributed by atoms with E-state index in [4.69, 9.17) is 23.1 Å². The lowest BCUT2D eigenvalue weighted by molar-refractivity contribution is -0.137. The molecule has 0 rings (SSSR count). The summed E-state index contributed by atoms with van der Waals surface area (Å²) in [6.45, 7) is 0.886. The van der Waals surface area contributed by atoms with Crippen LogP contribution in [0.15, 0.2) is 0 Å². The smallest absolute Gasteiger partial charge is 0.303 e. The molecular formula is C25H48N2O3S2. The molecule has 0 fully saturated rings. The normalized spacial score (nSPS) is 10.9. The third kappa shape index (κ3) is 22.4. The third-order valence-corrected chi connectivity index (χ3v) is 6.51. The quantitative estimate of drug-likeness (QED) is 0.0817. The van der Waals surface area contributed by atoms with E-state index >= 15 is 0 Å². The molecular weight excluding hydrogens is 440 g/mol. The predicted molar refractivity (Wildman–Crippen MR) is 143 cm³/mol. The molecule has 0 aliphatic rings. The molecule has 3 N–H and O–H groups in total. The van der Waals surface area contributed by atoms with Crippen LogP contribution in [-0.4, -0.2) is 45.7 Å². The number of aliphatic carboxylic acids is 1. The lowest BCUT2D eigenvalue weighted by Gasteiger charge is -2.23. The van der Waals surface area contributed by atoms with Gasteiger partial charge in [-0.1, -0.05) is 109 Å². The summed E-state index contributed by atoms with van der Waals surface area (Å²) in [7, 11) is 0. The maximum Gasteiger partial charge on any atom is 0.303 e. The molecule has 188 valence electrons. The molecule has 0 aromatic carbocycles. The Bertz CT molecular complexity index is 490. The average Bonchev–Trinajstić information content (AvgIpc) is 2.74. The van der Waals surface area contributed by atoms with E-state index in [-0.39, 0.29) is 12.5 Å². The zero-order valence-electron chi connectivity index (χ0n) is 20.2. The largest absolute Gasteiger partial charge is 0.481 e. The number of carboxylic acids is 1. The maximum absolute atomic E-state index is 11.1. The van der Waals surface area contributed by atoms with Crippen molar-refractivity contribution in [3.8, 4) is 0 Å². The summed E-state index contributed by atoms with van der Waals surface area (Å²) in [5.41, 5.74) is 5.29. The van der Waals surface area contributed by atoms with Gasteiger partial charge in [0.15, 0.2) is 0 Å². The molecule has 0 saturated carbocycles. The summed E-state index contributed by atoms with van der Waals surface area (Å²) in [4.78, 5) is 24.3. The number of amides is 1. The number of hydrogen-bond donors (Lipinski definition) is 3. The molecule has 0 aromatic heterocycles. The van der Waals surface area contributed by atoms with Crippen LogP contribution in [0.2, 0.25) is 0 Å². The second-order valence-electron chi connectivity index (χ2n) is 8.91. The highest BCUT2D eigenvalue weighted by atomic mass is 32.1. The molecule has 0 aromatic rings. The summed E-state index contributed by atoms with van der Waals surface area (Å²) in [5, 5.41) is 8.60. The van der Waals surface area contributed by atoms with Crippen LogP contribution < -0.4 is 5.73 Å². The van der Waals surface area contributed by atoms with E-state index in [0.29, 0.717) is 18.7 Å². The standard InChI is InChI=1S/C25H48N2O3S2/c26-23(28)22-27(20-21-31)24(32)18-16-14-12-10-8-6-4-2-1-3-5-7-9-11-13-15-17-19-25(29)30/h31H,1-22H2,(H2,26,28)(H,29,30). The van der Waals surface area contributed by atoms with E-state index in [2.05, 4.69) is 12.6 Å². The first-order chi connectivity index (χ1) is 15.5. The third-order valence-electron chi connectivity index (χ3n) is 5.85. The second kappa shape index (κ2) is 23.3. The Balaban J connectivity index is 3.31. The van der Waals surface area contributed by atoms with Gasteiger partial charge in [-0.25, -0.2) is 0 Å². The van der Waals surface area contributed by atoms with Crippen LogP contribution in [0.25, 0.3) is 0 Å². The van der Waals surface area contributed by atoms with Crippen molar-refractivity contribution in [1.29, 1.82) is 0 Å². The Morgan fingerprint density at radius 1 is 0.688 bits per heavy atom. The summed E-state index contributed by atoms with van der Waals surface area (Å²) in [6, 6.07) is 0. The average molecular weight is 489 g/mol. The Morgan fingerprint density at radius 2 is 1.03 bits per heavy atom. The van der Waals surface area contributed by atoms with E-state index in [1.807, 2.05) is 4.90 Å². The fraction of sp³-hybridized carbons (Fsp3) is 0.880. The van der Waals surface area contributed by atoms with Crippen molar-refractivity contribution in [2.75, 3.05) is 18.8 Å². The fourth-order valence-electron chi connectivity index (χ4n) is 3.96. The number of nitrogens with zero attached hydrogens (tertiary/aromatic N) is 1. The number of thiol groups is 1. The van der Waals surface area contributed by atoms with Crippen LogP contribution in [0.3, 0.4) is 0 Å². The molecule has 0 atom stereocenters. The Kier molecular flexibility index (Phi) is 22.7. The second-order valence-corrected chi connectivity index (χ2v) is 9.83. The molecule has 1 amide bonds. The van der Waals surface area contributed by atoms with Gasteiger partial charge < -0.3 is 15.7 Å². The van der Waals surface area contributed by atoms with Crippen LogP contribution in [0.5, 0.6) is 0 Å². The van der Waals surface area contributed by atoms with Gasteiger partial charge in [0.2, 0.25) is 5.91 Å². The summed E-state index contributed by atoms with van der Waals surface area (Å²) in [5.74, 6) is -0.335. The van der Waals surface area contributed by atoms with Crippen molar-refractivity contribution in [3.05, 3.63) is 0 Å². The Labute approximate surface area is 207 Å². The minimum Gasteiger partial charge on any atom is -0.481 e. The first-order valence-electron chi connectivity index (χ1n) is 12.9. The number of nitrogens with two attached hydrogens (primary N) is 1. The van der Waals surface area contributed by atoms with Crippen LogP contribution in [0.4, 0.5) is 0 Å². The van der Waals surface area contributed by atoms with Crippen LogP contribution in [-0.2, 0) is 9.59 Å². The molecule has 32 heavy (non-hydrogen) atoms. The van der Waals surface area contributed by atoms with Gasteiger partial charge in [0.1, 0.15) is 0 Å². The zero-order chi connectivity index (χ0) is 23.9. The van der Waals surface area contributed by atoms with Gasteiger partial charge in [-0.15, -0.1) is 0 Å². The number of thiocarbonyl (C=S) groups is 1. The number of rotatable bonds is 24. The van der Waals surface area contributed by atoms with Gasteiger partial charge in [0.05, 0.1) is 11.5 Å². The van der Waals surface area contributed by atoms with Crippen LogP contribution in [0, 0.1) is 0 Å². The fourth-order valence-corrected chi connectivity index (χ4v) is 4.50. The summed E-state index contributed by atoms with van der Waals surface area (Å²) in [6.07, 6.45) is 22.5. The molecule has 0 heterocycles. The van der Waals surface area contributed by atoms with E-state index in [9.17, 15) is 9.59 Å². The minimum atomic E-state index is -0.669. The van der Waals surface area contributed by atoms with E-state index < -0.39 is 5.97 Å². The topological polar surface area (TPSA) is 83.6 Å². The Hall–Kier alpha value is -0.820. The van der Waals surface area contributed by atoms with Crippen molar-refractivity contribution >= 4 is 41.7 Å². The van der Waals surface area contributed by atoms with Crippen molar-refractivity contribution < 1.29 is 14.7 Å². The molecule has 0 aliphatic carbocycles. The van der Waals surface area contributed by atoms with Gasteiger partial charge in [-0.3, -0.25) is 9.59 Å². The molecule has 0 bridgehead atoms. The summed E-state index contributed by atoms with van der Waals surface area (Å²) >= 11 is 9.67. The molecule has 0 aliphatic heterocycles. The monoisotopic (exact) mass is 488 g/mol. The van der Waals surface area contributed by atoms with Crippen molar-refractivity contribution in [3.63, 3.8) is 0 Å². The molecule has 7 heteroatoms. The number of unbranched alkanes of at least 4 members (excludes halogenated alkanes) is 16. The van der Waals surface area contributed by atoms with Gasteiger partial charge in [0, 0.05) is 18.7 Å². The SMILES string of the molecule is NC(=O)CN(CCS)C(=S)CCCCCCCCCCCCCCCCCCCC(=O)O. The number of primary amides is 1. The van der Waals surface area contributed by atoms with Gasteiger partial charge >= 0.3 is 5.97 Å². The number of carbonyl (C=O) groups excluding carboxylic acids is 1. The van der Waals surface area contributed by atoms with E-state index in [1.165, 1.54) is 89.9 Å². The molecule has 0 unspecified atom stereocenters. The van der Waals surface area contributed by atoms with Crippen LogP contribution >= 0.6 is 24.8 Å². The molecule has 0 radical (unpaired) electrons. The maximum atomic E-state index is 11.1. The summed E-state index contributed by atoms with van der Waals surface area (Å²) < 4.78 is 0. The van der Waals surface area contributed by atoms with Crippen molar-refractivity contribution in [1.82, 2.24) is 4.90 Å². The number of carboxylic acid groups (broad SMARTS) is 1. The first kappa shape index (κ1) is 31.2. The number of carbonyl (C=O) groups is 2. The van der Waals surface area contributed by atoms with Crippen molar-refractivity contribution in [2.45, 2.75) is 122 Å². The van der Waals surface area contributed by atoms with Gasteiger partial charge in [-0.05, 0) is 19.3 Å². The van der Waals surface area contributed by atoms with Crippen LogP contribution in [0.1, 0.15) is 122 Å². The highest BCUT2D eigenvalue weighted by molar-refractivity contribution is 7.80. The highest BCUT2D eigenvalue weighted by Gasteiger charge is 2.11. The molecule has 0 spiro atoms. The minimum absolute atomic E-state index is 0.204. The Morgan fingerprint density at radius 3 is 1.34 bits per heavy atom.